The number of phenols is 3. The highest BCUT2D eigenvalue weighted by atomic mass is 16.5. The molecule has 4 bridgehead atoms. The summed E-state index contributed by atoms with van der Waals surface area (Å²) in [7, 11) is 0. The first-order valence-electron chi connectivity index (χ1n) is 21.9. The molecule has 1 aliphatic rings. The van der Waals surface area contributed by atoms with Crippen LogP contribution in [0.25, 0.3) is 33.8 Å². The number of para-hydroxylation sites is 1. The van der Waals surface area contributed by atoms with Crippen LogP contribution in [0, 0.1) is 11.8 Å². The molecule has 0 saturated heterocycles. The smallest absolute Gasteiger partial charge is 0.408 e. The highest BCUT2D eigenvalue weighted by Crippen LogP contribution is 2.51. The molecular weight excluding hydrogens is 859 g/mol. The molecule has 0 radical (unpaired) electrons. The molecule has 67 heavy (non-hydrogen) atoms. The van der Waals surface area contributed by atoms with Crippen molar-refractivity contribution in [2.24, 2.45) is 11.8 Å². The number of carbonyl (C=O) groups excluding carboxylic acids is 4. The highest BCUT2D eigenvalue weighted by Gasteiger charge is 2.49. The lowest BCUT2D eigenvalue weighted by molar-refractivity contribution is -0.142. The number of aromatic nitrogens is 3. The summed E-state index contributed by atoms with van der Waals surface area (Å²) in [6, 6.07) is 22.7. The number of nitrogens with one attached hydrogen (secondary N) is 3. The number of carbonyl (C=O) groups is 4. The van der Waals surface area contributed by atoms with E-state index in [0.29, 0.717) is 22.3 Å². The molecule has 6 N–H and O–H groups in total. The maximum atomic E-state index is 14.7. The Morgan fingerprint density at radius 1 is 0.881 bits per heavy atom. The number of nitrogens with zero attached hydrogens (tertiary/aromatic N) is 2. The van der Waals surface area contributed by atoms with E-state index in [1.165, 1.54) is 25.3 Å². The number of esters is 1. The van der Waals surface area contributed by atoms with Crippen LogP contribution in [0.3, 0.4) is 0 Å². The molecule has 3 aromatic heterocycles. The number of hydrogen-bond acceptors (Lipinski definition) is 13. The van der Waals surface area contributed by atoms with Crippen molar-refractivity contribution in [1.29, 1.82) is 0 Å². The molecule has 346 valence electrons. The number of ether oxygens (including phenoxy) is 2. The fraction of sp³-hybridized carbons (Fsp3) is 0.294. The van der Waals surface area contributed by atoms with Gasteiger partial charge in [0.05, 0.1) is 12.2 Å². The van der Waals surface area contributed by atoms with E-state index in [-0.39, 0.29) is 82.8 Å². The van der Waals surface area contributed by atoms with Crippen molar-refractivity contribution in [2.75, 3.05) is 6.61 Å². The number of Topliss-reactive ketones (excluding diaryl/α,β-unsaturated/α-hetero) is 1. The van der Waals surface area contributed by atoms with Gasteiger partial charge in [-0.3, -0.25) is 14.4 Å². The molecule has 0 saturated carbocycles. The van der Waals surface area contributed by atoms with Crippen molar-refractivity contribution in [3.05, 3.63) is 137 Å². The molecule has 8 rings (SSSR count). The molecule has 4 aromatic carbocycles. The maximum Gasteiger partial charge on any atom is 0.408 e. The van der Waals surface area contributed by atoms with E-state index in [2.05, 4.69) is 20.6 Å². The summed E-state index contributed by atoms with van der Waals surface area (Å²) in [6.07, 6.45) is 2.14. The number of aromatic hydroxyl groups is 3. The Morgan fingerprint density at radius 2 is 1.63 bits per heavy atom. The second-order valence-corrected chi connectivity index (χ2v) is 17.5. The summed E-state index contributed by atoms with van der Waals surface area (Å²) in [5.41, 5.74) is 0.953. The molecule has 16 nitrogen and oxygen atoms in total. The van der Waals surface area contributed by atoms with E-state index in [0.717, 1.165) is 11.1 Å². The van der Waals surface area contributed by atoms with Crippen LogP contribution in [0.2, 0.25) is 0 Å². The number of fused-ring (bicyclic) bond motifs is 5. The van der Waals surface area contributed by atoms with Crippen molar-refractivity contribution in [3.63, 3.8) is 0 Å². The molecular formula is C51H51N5O11. The summed E-state index contributed by atoms with van der Waals surface area (Å²) in [5.74, 6) is -3.32. The highest BCUT2D eigenvalue weighted by molar-refractivity contribution is 5.95. The topological polar surface area (TPSA) is 239 Å². The van der Waals surface area contributed by atoms with Gasteiger partial charge in [-0.05, 0) is 59.7 Å². The normalized spacial score (nSPS) is 17.7. The monoisotopic (exact) mass is 909 g/mol. The lowest BCUT2D eigenvalue weighted by Crippen LogP contribution is -2.54. The Balaban J connectivity index is 1.27. The number of amides is 2. The van der Waals surface area contributed by atoms with E-state index in [1.54, 1.807) is 80.7 Å². The quantitative estimate of drug-likeness (QED) is 0.0635. The summed E-state index contributed by atoms with van der Waals surface area (Å²) in [5, 5.41) is 40.3. The maximum absolute atomic E-state index is 14.7. The third kappa shape index (κ3) is 9.32. The molecule has 0 unspecified atom stereocenters. The van der Waals surface area contributed by atoms with Crippen LogP contribution in [0.4, 0.5) is 4.79 Å². The first-order chi connectivity index (χ1) is 32.1. The largest absolute Gasteiger partial charge is 0.508 e. The van der Waals surface area contributed by atoms with Crippen LogP contribution in [0.1, 0.15) is 80.9 Å². The van der Waals surface area contributed by atoms with E-state index in [4.69, 9.17) is 23.3 Å². The minimum Gasteiger partial charge on any atom is -0.508 e. The SMILES string of the molecule is CC(=O)OC[C@@]1(c2ccccc2O)c2cc(ccc2O)C[C@H](NC(=O)[C@@H](NC(=O)OCc2ccccc2)C(C)C)C(=O)C[C@@H](C(C)C)c2nc(-c3ncc(-c4c[nH]c5ccc(O)cc45)o3)c1o2. The number of rotatable bonds is 12. The van der Waals surface area contributed by atoms with Crippen LogP contribution >= 0.6 is 0 Å². The van der Waals surface area contributed by atoms with Gasteiger partial charge in [0.15, 0.2) is 28.9 Å². The summed E-state index contributed by atoms with van der Waals surface area (Å²) < 4.78 is 24.6. The average molecular weight is 910 g/mol. The minimum atomic E-state index is -1.87. The van der Waals surface area contributed by atoms with Gasteiger partial charge >= 0.3 is 12.1 Å². The number of H-pyrrole nitrogens is 1. The first-order valence-corrected chi connectivity index (χ1v) is 21.9. The van der Waals surface area contributed by atoms with Gasteiger partial charge in [-0.1, -0.05) is 88.4 Å². The van der Waals surface area contributed by atoms with Gasteiger partial charge in [0.1, 0.15) is 41.9 Å². The number of phenolic OH excluding ortho intramolecular Hbond substituents is 3. The Hall–Kier alpha value is -7.88. The lowest BCUT2D eigenvalue weighted by Gasteiger charge is -2.34. The fourth-order valence-electron chi connectivity index (χ4n) is 8.59. The van der Waals surface area contributed by atoms with Crippen LogP contribution in [0.5, 0.6) is 17.2 Å². The van der Waals surface area contributed by atoms with E-state index < -0.39 is 53.9 Å². The van der Waals surface area contributed by atoms with E-state index in [9.17, 15) is 34.5 Å². The minimum absolute atomic E-state index is 0.0173. The zero-order valence-electron chi connectivity index (χ0n) is 37.5. The van der Waals surface area contributed by atoms with E-state index >= 15 is 0 Å². The van der Waals surface area contributed by atoms with E-state index in [1.807, 2.05) is 32.0 Å². The number of benzene rings is 4. The van der Waals surface area contributed by atoms with Crippen molar-refractivity contribution < 1.29 is 52.8 Å². The predicted octanol–water partition coefficient (Wildman–Crippen LogP) is 8.18. The van der Waals surface area contributed by atoms with Gasteiger partial charge < -0.3 is 49.2 Å². The fourth-order valence-corrected chi connectivity index (χ4v) is 8.59. The number of hydrogen-bond donors (Lipinski definition) is 6. The van der Waals surface area contributed by atoms with Crippen molar-refractivity contribution in [3.8, 4) is 40.2 Å². The molecule has 4 heterocycles. The van der Waals surface area contributed by atoms with Crippen molar-refractivity contribution in [1.82, 2.24) is 25.6 Å². The van der Waals surface area contributed by atoms with Crippen molar-refractivity contribution >= 4 is 34.7 Å². The lowest BCUT2D eigenvalue weighted by atomic mass is 9.71. The summed E-state index contributed by atoms with van der Waals surface area (Å²) >= 11 is 0. The second-order valence-electron chi connectivity index (χ2n) is 17.5. The predicted molar refractivity (Wildman–Crippen MR) is 245 cm³/mol. The van der Waals surface area contributed by atoms with Crippen LogP contribution in [0.15, 0.2) is 112 Å². The second kappa shape index (κ2) is 18.9. The van der Waals surface area contributed by atoms with Crippen LogP contribution in [-0.4, -0.2) is 72.7 Å². The number of ketones is 1. The molecule has 1 aliphatic heterocycles. The van der Waals surface area contributed by atoms with Crippen LogP contribution in [-0.2, 0) is 42.3 Å². The van der Waals surface area contributed by atoms with Gasteiger partial charge in [0.2, 0.25) is 11.8 Å². The molecule has 0 fully saturated rings. The van der Waals surface area contributed by atoms with Crippen molar-refractivity contribution in [2.45, 2.75) is 77.5 Å². The summed E-state index contributed by atoms with van der Waals surface area (Å²) in [6.45, 7) is 7.98. The molecule has 2 amide bonds. The van der Waals surface area contributed by atoms with Crippen LogP contribution < -0.4 is 10.6 Å². The van der Waals surface area contributed by atoms with Gasteiger partial charge in [-0.25, -0.2) is 14.8 Å². The number of aromatic amines is 1. The van der Waals surface area contributed by atoms with Gasteiger partial charge in [0, 0.05) is 53.1 Å². The van der Waals surface area contributed by atoms with Gasteiger partial charge in [0.25, 0.3) is 0 Å². The molecule has 0 spiro atoms. The number of oxazole rings is 2. The molecule has 16 heteroatoms. The Bertz CT molecular complexity index is 2950. The van der Waals surface area contributed by atoms with Gasteiger partial charge in [-0.15, -0.1) is 0 Å². The zero-order valence-corrected chi connectivity index (χ0v) is 37.5. The third-order valence-electron chi connectivity index (χ3n) is 12.2. The standard InChI is InChI=1S/C51H51N5O11/c1-27(2)33-22-42(61)39(54-47(62)44(28(3)4)56-50(63)64-25-30-11-7-6-8-12-30)20-31-15-18-41(60)37(19-31)51(26-65-29(5)57,36-13-9-10-14-40(36)59)46-45(55-48(33)67-46)49-53-24-43(66-49)35-23-52-38-17-16-32(58)21-34(35)38/h6-19,21,23-24,27-28,33,39,44,52,58-60H,20,22,25-26H2,1-5H3,(H,54,62)(H,56,63)/t33-,39-,44-,51+/m0/s1. The Kier molecular flexibility index (Phi) is 12.9. The average Bonchev–Trinajstić information content (AvgIpc) is 4.07. The Morgan fingerprint density at radius 3 is 2.36 bits per heavy atom. The third-order valence-corrected chi connectivity index (χ3v) is 12.2. The zero-order chi connectivity index (χ0) is 47.6. The first kappa shape index (κ1) is 45.7. The van der Waals surface area contributed by atoms with Gasteiger partial charge in [-0.2, -0.15) is 0 Å². The molecule has 0 aliphatic carbocycles. The number of alkyl carbamates (subject to hydrolysis) is 1. The summed E-state index contributed by atoms with van der Waals surface area (Å²) in [4.78, 5) is 67.7. The Labute approximate surface area is 385 Å². The molecule has 7 aromatic rings. The molecule has 4 atom stereocenters.